The molecule has 0 saturated carbocycles. The van der Waals surface area contributed by atoms with Crippen LogP contribution in [-0.2, 0) is 0 Å². The van der Waals surface area contributed by atoms with E-state index in [2.05, 4.69) is 20.8 Å². The number of carbonyl (C=O) groups excluding carboxylic acids is 1. The predicted octanol–water partition coefficient (Wildman–Crippen LogP) is 3.64. The summed E-state index contributed by atoms with van der Waals surface area (Å²) in [7, 11) is 0. The van der Waals surface area contributed by atoms with Crippen molar-refractivity contribution in [2.75, 3.05) is 6.54 Å². The van der Waals surface area contributed by atoms with Gasteiger partial charge in [0, 0.05) is 12.6 Å². The first-order chi connectivity index (χ1) is 8.90. The summed E-state index contributed by atoms with van der Waals surface area (Å²) in [6, 6.07) is 4.89. The minimum Gasteiger partial charge on any atom is -0.335 e. The summed E-state index contributed by atoms with van der Waals surface area (Å²) in [5, 5.41) is 0. The summed E-state index contributed by atoms with van der Waals surface area (Å²) in [5.41, 5.74) is 1.11. The molecule has 0 aromatic heterocycles. The van der Waals surface area contributed by atoms with E-state index in [1.807, 2.05) is 11.8 Å². The van der Waals surface area contributed by atoms with Crippen molar-refractivity contribution in [3.05, 3.63) is 35.1 Å². The van der Waals surface area contributed by atoms with Gasteiger partial charge in [0.05, 0.1) is 5.56 Å². The van der Waals surface area contributed by atoms with Gasteiger partial charge in [-0.05, 0) is 44.2 Å². The molecule has 0 spiro atoms. The van der Waals surface area contributed by atoms with Gasteiger partial charge in [-0.25, -0.2) is 4.39 Å². The van der Waals surface area contributed by atoms with E-state index in [1.54, 1.807) is 12.1 Å². The average molecular weight is 263 g/mol. The Bertz CT molecular complexity index is 486. The Morgan fingerprint density at radius 3 is 2.68 bits per heavy atom. The first-order valence-corrected chi connectivity index (χ1v) is 6.97. The highest BCUT2D eigenvalue weighted by Gasteiger charge is 2.33. The smallest absolute Gasteiger partial charge is 0.257 e. The fourth-order valence-corrected chi connectivity index (χ4v) is 2.94. The summed E-state index contributed by atoms with van der Waals surface area (Å²) >= 11 is 0. The van der Waals surface area contributed by atoms with Gasteiger partial charge in [0.15, 0.2) is 0 Å². The second-order valence-electron chi connectivity index (χ2n) is 6.00. The second kappa shape index (κ2) is 5.32. The van der Waals surface area contributed by atoms with Crippen LogP contribution in [0.1, 0.15) is 43.1 Å². The van der Waals surface area contributed by atoms with Crippen molar-refractivity contribution in [2.45, 2.75) is 40.2 Å². The van der Waals surface area contributed by atoms with Crippen LogP contribution in [0.5, 0.6) is 0 Å². The molecule has 1 fully saturated rings. The van der Waals surface area contributed by atoms with E-state index >= 15 is 0 Å². The maximum absolute atomic E-state index is 13.8. The van der Waals surface area contributed by atoms with Crippen molar-refractivity contribution < 1.29 is 9.18 Å². The zero-order valence-electron chi connectivity index (χ0n) is 12.1. The molecule has 1 aromatic rings. The third-order valence-electron chi connectivity index (χ3n) is 4.21. The largest absolute Gasteiger partial charge is 0.335 e. The molecule has 3 unspecified atom stereocenters. The third-order valence-corrected chi connectivity index (χ3v) is 4.21. The van der Waals surface area contributed by atoms with E-state index in [9.17, 15) is 9.18 Å². The molecule has 19 heavy (non-hydrogen) atoms. The maximum atomic E-state index is 13.8. The highest BCUT2D eigenvalue weighted by atomic mass is 19.1. The van der Waals surface area contributed by atoms with Crippen LogP contribution in [0.3, 0.4) is 0 Å². The van der Waals surface area contributed by atoms with Crippen LogP contribution < -0.4 is 0 Å². The zero-order valence-corrected chi connectivity index (χ0v) is 12.1. The average Bonchev–Trinajstić information content (AvgIpc) is 2.36. The lowest BCUT2D eigenvalue weighted by molar-refractivity contribution is 0.0451. The number of amides is 1. The Hall–Kier alpha value is -1.38. The number of benzene rings is 1. The number of piperidine rings is 1. The van der Waals surface area contributed by atoms with E-state index in [-0.39, 0.29) is 17.5 Å². The molecule has 0 N–H and O–H groups in total. The minimum atomic E-state index is -0.423. The molecule has 2 rings (SSSR count). The van der Waals surface area contributed by atoms with Gasteiger partial charge >= 0.3 is 0 Å². The number of hydrogen-bond donors (Lipinski definition) is 0. The molecule has 1 saturated heterocycles. The minimum absolute atomic E-state index is 0.170. The standard InChI is InChI=1S/C16H22FNO/c1-10-5-6-15(17)14(8-10)16(19)18-9-11(2)7-12(3)13(18)4/h5-6,8,11-13H,7,9H2,1-4H3. The molecule has 0 radical (unpaired) electrons. The molecular formula is C16H22FNO. The van der Waals surface area contributed by atoms with Crippen molar-refractivity contribution in [1.29, 1.82) is 0 Å². The Balaban J connectivity index is 2.30. The molecule has 0 bridgehead atoms. The lowest BCUT2D eigenvalue weighted by atomic mass is 9.85. The van der Waals surface area contributed by atoms with Crippen molar-refractivity contribution in [2.24, 2.45) is 11.8 Å². The number of halogens is 1. The Morgan fingerprint density at radius 2 is 2.00 bits per heavy atom. The van der Waals surface area contributed by atoms with E-state index in [1.165, 1.54) is 6.07 Å². The summed E-state index contributed by atoms with van der Waals surface area (Å²) in [6.07, 6.45) is 1.13. The maximum Gasteiger partial charge on any atom is 0.257 e. The van der Waals surface area contributed by atoms with Crippen molar-refractivity contribution in [3.63, 3.8) is 0 Å². The van der Waals surface area contributed by atoms with Gasteiger partial charge in [0.2, 0.25) is 0 Å². The lowest BCUT2D eigenvalue weighted by Crippen LogP contribution is -2.49. The van der Waals surface area contributed by atoms with Gasteiger partial charge in [-0.2, -0.15) is 0 Å². The molecule has 1 heterocycles. The van der Waals surface area contributed by atoms with Gasteiger partial charge in [-0.15, -0.1) is 0 Å². The highest BCUT2D eigenvalue weighted by Crippen LogP contribution is 2.28. The fourth-order valence-electron chi connectivity index (χ4n) is 2.94. The first kappa shape index (κ1) is 14.0. The molecule has 1 amide bonds. The lowest BCUT2D eigenvalue weighted by Gasteiger charge is -2.41. The Morgan fingerprint density at radius 1 is 1.32 bits per heavy atom. The quantitative estimate of drug-likeness (QED) is 0.757. The van der Waals surface area contributed by atoms with Crippen LogP contribution in [-0.4, -0.2) is 23.4 Å². The number of likely N-dealkylation sites (tertiary alicyclic amines) is 1. The molecule has 1 aliphatic heterocycles. The Labute approximate surface area is 114 Å². The highest BCUT2D eigenvalue weighted by molar-refractivity contribution is 5.95. The number of rotatable bonds is 1. The van der Waals surface area contributed by atoms with Crippen LogP contribution >= 0.6 is 0 Å². The van der Waals surface area contributed by atoms with Crippen LogP contribution in [0.4, 0.5) is 4.39 Å². The molecular weight excluding hydrogens is 241 g/mol. The summed E-state index contributed by atoms with van der Waals surface area (Å²) in [4.78, 5) is 14.4. The van der Waals surface area contributed by atoms with Crippen LogP contribution in [0.25, 0.3) is 0 Å². The third kappa shape index (κ3) is 2.80. The van der Waals surface area contributed by atoms with Crippen LogP contribution in [0.2, 0.25) is 0 Å². The van der Waals surface area contributed by atoms with Crippen LogP contribution in [0, 0.1) is 24.6 Å². The second-order valence-corrected chi connectivity index (χ2v) is 6.00. The summed E-state index contributed by atoms with van der Waals surface area (Å²) in [5.74, 6) is 0.337. The molecule has 1 aliphatic rings. The molecule has 104 valence electrons. The van der Waals surface area contributed by atoms with Gasteiger partial charge in [0.25, 0.3) is 5.91 Å². The van der Waals surface area contributed by atoms with Crippen LogP contribution in [0.15, 0.2) is 18.2 Å². The number of nitrogens with zero attached hydrogens (tertiary/aromatic N) is 1. The summed E-state index contributed by atoms with van der Waals surface area (Å²) < 4.78 is 13.8. The van der Waals surface area contributed by atoms with Crippen molar-refractivity contribution >= 4 is 5.91 Å². The van der Waals surface area contributed by atoms with Gasteiger partial charge in [0.1, 0.15) is 5.82 Å². The SMILES string of the molecule is Cc1ccc(F)c(C(=O)N2CC(C)CC(C)C2C)c1. The topological polar surface area (TPSA) is 20.3 Å². The van der Waals surface area contributed by atoms with E-state index < -0.39 is 5.82 Å². The fraction of sp³-hybridized carbons (Fsp3) is 0.562. The first-order valence-electron chi connectivity index (χ1n) is 6.97. The molecule has 3 heteroatoms. The Kier molecular flexibility index (Phi) is 3.93. The van der Waals surface area contributed by atoms with Gasteiger partial charge < -0.3 is 4.90 Å². The molecule has 1 aromatic carbocycles. The molecule has 2 nitrogen and oxygen atoms in total. The van der Waals surface area contributed by atoms with Gasteiger partial charge in [-0.1, -0.05) is 25.5 Å². The van der Waals surface area contributed by atoms with E-state index in [0.29, 0.717) is 11.8 Å². The molecule has 0 aliphatic carbocycles. The van der Waals surface area contributed by atoms with Crippen molar-refractivity contribution in [1.82, 2.24) is 4.90 Å². The molecule has 3 atom stereocenters. The monoisotopic (exact) mass is 263 g/mol. The number of carbonyl (C=O) groups is 1. The van der Waals surface area contributed by atoms with Gasteiger partial charge in [-0.3, -0.25) is 4.79 Å². The predicted molar refractivity (Wildman–Crippen MR) is 74.6 cm³/mol. The number of aryl methyl sites for hydroxylation is 1. The van der Waals surface area contributed by atoms with Crippen molar-refractivity contribution in [3.8, 4) is 0 Å². The number of hydrogen-bond acceptors (Lipinski definition) is 1. The normalized spacial score (nSPS) is 27.4. The van der Waals surface area contributed by atoms with E-state index in [4.69, 9.17) is 0 Å². The zero-order chi connectivity index (χ0) is 14.2. The summed E-state index contributed by atoms with van der Waals surface area (Å²) in [6.45, 7) is 8.96. The van der Waals surface area contributed by atoms with E-state index in [0.717, 1.165) is 18.5 Å².